The Morgan fingerprint density at radius 3 is 2.68 bits per heavy atom. The van der Waals surface area contributed by atoms with E-state index in [4.69, 9.17) is 4.42 Å². The zero-order valence-electron chi connectivity index (χ0n) is 17.8. The van der Waals surface area contributed by atoms with Crippen molar-refractivity contribution < 1.29 is 17.1 Å². The monoisotopic (exact) mass is 448 g/mol. The van der Waals surface area contributed by atoms with Crippen LogP contribution in [0.4, 0.5) is 6.01 Å². The summed E-state index contributed by atoms with van der Waals surface area (Å²) in [4.78, 5) is 9.36. The Morgan fingerprint density at radius 1 is 1.23 bits per heavy atom. The lowest BCUT2D eigenvalue weighted by atomic mass is 10.1. The minimum atomic E-state index is -3.32. The first-order chi connectivity index (χ1) is 14.8. The SMILES string of the molecule is Cc1ncc(-c2ccc(S(=O)(=O)C(C)C)cc2)nc1-c1nnc(NC2CCCNC2)o1.[HH].[HH].[HH]. The van der Waals surface area contributed by atoms with Crippen LogP contribution in [-0.2, 0) is 9.84 Å². The van der Waals surface area contributed by atoms with E-state index in [9.17, 15) is 8.42 Å². The number of aromatic nitrogens is 4. The van der Waals surface area contributed by atoms with Gasteiger partial charge in [-0.3, -0.25) is 4.98 Å². The fourth-order valence-electron chi connectivity index (χ4n) is 3.41. The first-order valence-corrected chi connectivity index (χ1v) is 11.9. The van der Waals surface area contributed by atoms with Crippen LogP contribution in [0, 0.1) is 6.92 Å². The quantitative estimate of drug-likeness (QED) is 0.582. The molecule has 31 heavy (non-hydrogen) atoms. The number of nitrogens with one attached hydrogen (secondary N) is 2. The third-order valence-electron chi connectivity index (χ3n) is 5.31. The molecule has 4 rings (SSSR count). The van der Waals surface area contributed by atoms with E-state index in [1.54, 1.807) is 44.3 Å². The molecule has 3 heterocycles. The summed E-state index contributed by atoms with van der Waals surface area (Å²) in [6.45, 7) is 7.04. The Labute approximate surface area is 186 Å². The molecule has 1 aliphatic heterocycles. The molecule has 0 radical (unpaired) electrons. The van der Waals surface area contributed by atoms with E-state index in [-0.39, 0.29) is 21.1 Å². The maximum absolute atomic E-state index is 12.3. The number of hydrogen-bond acceptors (Lipinski definition) is 9. The highest BCUT2D eigenvalue weighted by Crippen LogP contribution is 2.26. The molecule has 1 aliphatic rings. The molecule has 1 aromatic carbocycles. The lowest BCUT2D eigenvalue weighted by Crippen LogP contribution is -2.38. The predicted molar refractivity (Wildman–Crippen MR) is 124 cm³/mol. The lowest BCUT2D eigenvalue weighted by molar-refractivity contribution is 0.464. The van der Waals surface area contributed by atoms with Crippen LogP contribution in [0.3, 0.4) is 0 Å². The van der Waals surface area contributed by atoms with Gasteiger partial charge in [-0.15, -0.1) is 5.10 Å². The van der Waals surface area contributed by atoms with Crippen LogP contribution >= 0.6 is 0 Å². The molecule has 1 saturated heterocycles. The van der Waals surface area contributed by atoms with Gasteiger partial charge in [0, 0.05) is 22.4 Å². The third-order valence-corrected chi connectivity index (χ3v) is 7.48. The molecule has 0 aliphatic carbocycles. The lowest BCUT2D eigenvalue weighted by Gasteiger charge is -2.22. The van der Waals surface area contributed by atoms with Crippen LogP contribution in [0.2, 0.25) is 0 Å². The molecule has 0 bridgehead atoms. The molecule has 0 spiro atoms. The van der Waals surface area contributed by atoms with E-state index in [0.29, 0.717) is 23.1 Å². The van der Waals surface area contributed by atoms with Crippen molar-refractivity contribution in [2.24, 2.45) is 0 Å². The maximum Gasteiger partial charge on any atom is 0.316 e. The van der Waals surface area contributed by atoms with Crippen LogP contribution in [0.15, 0.2) is 39.8 Å². The molecule has 0 amide bonds. The van der Waals surface area contributed by atoms with Crippen LogP contribution < -0.4 is 10.6 Å². The molecule has 1 unspecified atom stereocenters. The summed E-state index contributed by atoms with van der Waals surface area (Å²) in [5, 5.41) is 14.3. The zero-order chi connectivity index (χ0) is 22.0. The molecule has 2 N–H and O–H groups in total. The standard InChI is InChI=1S/C21H26N6O3S.3H2/c1-13(2)31(28,29)17-8-6-15(7-9-17)18-12-23-14(3)19(25-18)20-26-27-21(30-20)24-16-5-4-10-22-11-16;;;/h6-9,12-13,16,22H,4-5,10-11H2,1-3H3,(H,24,27);3*1H. The molecular weight excluding hydrogens is 416 g/mol. The van der Waals surface area contributed by atoms with Gasteiger partial charge in [0.25, 0.3) is 5.89 Å². The molecule has 0 saturated carbocycles. The summed E-state index contributed by atoms with van der Waals surface area (Å²) < 4.78 is 30.5. The van der Waals surface area contributed by atoms with E-state index < -0.39 is 15.1 Å². The number of piperidine rings is 1. The minimum Gasteiger partial charge on any atom is -0.402 e. The van der Waals surface area contributed by atoms with Gasteiger partial charge in [-0.05, 0) is 52.3 Å². The predicted octanol–water partition coefficient (Wildman–Crippen LogP) is 3.59. The van der Waals surface area contributed by atoms with Crippen molar-refractivity contribution in [3.05, 3.63) is 36.2 Å². The average Bonchev–Trinajstić information content (AvgIpc) is 3.23. The van der Waals surface area contributed by atoms with Gasteiger partial charge in [0.15, 0.2) is 9.84 Å². The van der Waals surface area contributed by atoms with Crippen molar-refractivity contribution in [2.75, 3.05) is 18.4 Å². The van der Waals surface area contributed by atoms with Crippen molar-refractivity contribution in [1.82, 2.24) is 25.5 Å². The number of rotatable bonds is 6. The van der Waals surface area contributed by atoms with Crippen LogP contribution in [0.5, 0.6) is 0 Å². The Hall–Kier alpha value is -2.85. The van der Waals surface area contributed by atoms with Crippen LogP contribution in [-0.4, -0.2) is 53.0 Å². The van der Waals surface area contributed by atoms with Gasteiger partial charge < -0.3 is 15.1 Å². The molecule has 10 heteroatoms. The highest BCUT2D eigenvalue weighted by molar-refractivity contribution is 7.92. The van der Waals surface area contributed by atoms with Gasteiger partial charge >= 0.3 is 6.01 Å². The number of aryl methyl sites for hydroxylation is 1. The largest absolute Gasteiger partial charge is 0.402 e. The Kier molecular flexibility index (Phi) is 6.01. The van der Waals surface area contributed by atoms with Crippen molar-refractivity contribution in [1.29, 1.82) is 0 Å². The average molecular weight is 449 g/mol. The molecule has 3 aromatic rings. The molecule has 2 aromatic heterocycles. The summed E-state index contributed by atoms with van der Waals surface area (Å²) in [6, 6.07) is 7.27. The van der Waals surface area contributed by atoms with Gasteiger partial charge in [0.1, 0.15) is 5.69 Å². The van der Waals surface area contributed by atoms with Gasteiger partial charge in [0.05, 0.1) is 27.7 Å². The van der Waals surface area contributed by atoms with E-state index in [1.807, 2.05) is 6.92 Å². The van der Waals surface area contributed by atoms with Crippen molar-refractivity contribution >= 4 is 15.9 Å². The van der Waals surface area contributed by atoms with Crippen LogP contribution in [0.1, 0.15) is 36.7 Å². The third kappa shape index (κ3) is 4.59. The summed E-state index contributed by atoms with van der Waals surface area (Å²) in [5.41, 5.74) is 2.51. The van der Waals surface area contributed by atoms with Crippen molar-refractivity contribution in [3.63, 3.8) is 0 Å². The van der Waals surface area contributed by atoms with Crippen LogP contribution in [0.25, 0.3) is 22.8 Å². The van der Waals surface area contributed by atoms with E-state index >= 15 is 0 Å². The number of nitrogens with zero attached hydrogens (tertiary/aromatic N) is 4. The summed E-state index contributed by atoms with van der Waals surface area (Å²) >= 11 is 0. The Bertz CT molecular complexity index is 1170. The number of sulfone groups is 1. The van der Waals surface area contributed by atoms with Gasteiger partial charge in [-0.25, -0.2) is 13.4 Å². The van der Waals surface area contributed by atoms with Crippen molar-refractivity contribution in [3.8, 4) is 22.8 Å². The van der Waals surface area contributed by atoms with E-state index in [1.165, 1.54) is 0 Å². The summed E-state index contributed by atoms with van der Waals surface area (Å²) in [7, 11) is -3.32. The zero-order valence-corrected chi connectivity index (χ0v) is 18.6. The molecule has 1 fully saturated rings. The normalized spacial score (nSPS) is 17.1. The van der Waals surface area contributed by atoms with E-state index in [2.05, 4.69) is 30.8 Å². The molecular formula is C21H32N6O3S. The minimum absolute atomic E-state index is 0. The number of benzene rings is 1. The van der Waals surface area contributed by atoms with Gasteiger partial charge in [0.2, 0.25) is 0 Å². The Balaban J connectivity index is 0.00000193. The smallest absolute Gasteiger partial charge is 0.316 e. The second-order valence-electron chi connectivity index (χ2n) is 7.91. The molecule has 9 nitrogen and oxygen atoms in total. The second kappa shape index (κ2) is 8.72. The summed E-state index contributed by atoms with van der Waals surface area (Å²) in [6.07, 6.45) is 3.79. The second-order valence-corrected chi connectivity index (χ2v) is 10.4. The fourth-order valence-corrected chi connectivity index (χ4v) is 4.47. The molecule has 170 valence electrons. The number of hydrogen-bond donors (Lipinski definition) is 2. The first kappa shape index (κ1) is 21.4. The maximum atomic E-state index is 12.3. The number of anilines is 1. The highest BCUT2D eigenvalue weighted by Gasteiger charge is 2.20. The fraction of sp³-hybridized carbons (Fsp3) is 0.429. The topological polar surface area (TPSA) is 123 Å². The summed E-state index contributed by atoms with van der Waals surface area (Å²) in [5.74, 6) is 0.289. The highest BCUT2D eigenvalue weighted by atomic mass is 32.2. The van der Waals surface area contributed by atoms with E-state index in [0.717, 1.165) is 31.5 Å². The van der Waals surface area contributed by atoms with Crippen molar-refractivity contribution in [2.45, 2.75) is 49.8 Å². The van der Waals surface area contributed by atoms with Gasteiger partial charge in [-0.1, -0.05) is 17.2 Å². The Morgan fingerprint density at radius 2 is 2.00 bits per heavy atom. The first-order valence-electron chi connectivity index (χ1n) is 10.3. The molecule has 1 atom stereocenters. The van der Waals surface area contributed by atoms with Gasteiger partial charge in [-0.2, -0.15) is 0 Å².